The molecule has 48 heavy (non-hydrogen) atoms. The second-order valence-electron chi connectivity index (χ2n) is 16.2. The average Bonchev–Trinajstić information content (AvgIpc) is 3.64. The van der Waals surface area contributed by atoms with Crippen LogP contribution in [0.5, 0.6) is 0 Å². The zero-order chi connectivity index (χ0) is 32.9. The third-order valence-corrected chi connectivity index (χ3v) is 13.8. The van der Waals surface area contributed by atoms with Gasteiger partial charge in [0.2, 0.25) is 0 Å². The SMILES string of the molecule is CN1CCCC1CCNC1C(F)CC2C(=O)C(C(=O)NCCCN3CCOCC3)=CN3C4CC5C(CC4OC1C23)C(=O)C1CCCCC15. The summed E-state index contributed by atoms with van der Waals surface area (Å²) in [6, 6.07) is -0.366. The van der Waals surface area contributed by atoms with Crippen molar-refractivity contribution in [3.63, 3.8) is 0 Å². The fraction of sp³-hybridized carbons (Fsp3) is 0.865. The van der Waals surface area contributed by atoms with Gasteiger partial charge in [-0.3, -0.25) is 19.3 Å². The number of alkyl halides is 1. The van der Waals surface area contributed by atoms with E-state index in [1.165, 1.54) is 19.3 Å². The molecule has 7 fully saturated rings. The van der Waals surface area contributed by atoms with E-state index in [-0.39, 0.29) is 53.7 Å². The van der Waals surface area contributed by atoms with E-state index >= 15 is 4.39 Å². The van der Waals surface area contributed by atoms with Gasteiger partial charge in [0.05, 0.1) is 49.1 Å². The van der Waals surface area contributed by atoms with Crippen LogP contribution in [-0.2, 0) is 23.9 Å². The molecule has 4 heterocycles. The molecule has 4 saturated carbocycles. The number of amides is 1. The van der Waals surface area contributed by atoms with Crippen LogP contribution >= 0.6 is 0 Å². The minimum absolute atomic E-state index is 0.00501. The molecule has 2 N–H and O–H groups in total. The number of morpholine rings is 2. The van der Waals surface area contributed by atoms with Crippen molar-refractivity contribution in [3.8, 4) is 0 Å². The normalized spacial score (nSPS) is 42.9. The van der Waals surface area contributed by atoms with Gasteiger partial charge in [-0.15, -0.1) is 0 Å². The largest absolute Gasteiger partial charge is 0.379 e. The number of halogens is 1. The number of carbonyl (C=O) groups is 3. The van der Waals surface area contributed by atoms with Crippen LogP contribution in [-0.4, -0.2) is 134 Å². The van der Waals surface area contributed by atoms with Gasteiger partial charge >= 0.3 is 0 Å². The number of Topliss-reactive ketones (excluding diaryl/α,β-unsaturated/α-hetero) is 2. The summed E-state index contributed by atoms with van der Waals surface area (Å²) in [5, 5.41) is 6.59. The Hall–Kier alpha value is -1.92. The first-order chi connectivity index (χ1) is 23.4. The third-order valence-electron chi connectivity index (χ3n) is 13.8. The lowest BCUT2D eigenvalue weighted by Gasteiger charge is -2.60. The van der Waals surface area contributed by atoms with E-state index in [4.69, 9.17) is 9.47 Å². The van der Waals surface area contributed by atoms with Crippen LogP contribution < -0.4 is 10.6 Å². The van der Waals surface area contributed by atoms with E-state index in [0.29, 0.717) is 43.2 Å². The highest BCUT2D eigenvalue weighted by atomic mass is 19.1. The number of ketones is 2. The third kappa shape index (κ3) is 6.07. The van der Waals surface area contributed by atoms with Crippen LogP contribution in [0.25, 0.3) is 0 Å². The maximum Gasteiger partial charge on any atom is 0.256 e. The highest BCUT2D eigenvalue weighted by Crippen LogP contribution is 2.56. The van der Waals surface area contributed by atoms with Crippen molar-refractivity contribution in [3.05, 3.63) is 11.8 Å². The summed E-state index contributed by atoms with van der Waals surface area (Å²) in [7, 11) is 2.16. The molecule has 10 nitrogen and oxygen atoms in total. The van der Waals surface area contributed by atoms with Crippen LogP contribution in [0, 0.1) is 29.6 Å². The standard InChI is InChI=1S/C37H56FN5O5/c1-41-12-4-6-22(41)9-11-39-32-29(38)18-27-33-36(32)48-31-20-26-25(23-7-2-3-8-24(23)34(26)44)19-30(31)43(33)21-28(35(27)45)37(46)40-10-5-13-42-14-16-47-17-15-42/h21-27,29-33,36,39H,2-20H2,1H3,(H,40,46). The quantitative estimate of drug-likeness (QED) is 0.283. The number of rotatable bonds is 9. The summed E-state index contributed by atoms with van der Waals surface area (Å²) < 4.78 is 28.7. The van der Waals surface area contributed by atoms with Crippen molar-refractivity contribution in [1.29, 1.82) is 0 Å². The smallest absolute Gasteiger partial charge is 0.256 e. The number of hydrogen-bond donors (Lipinski definition) is 2. The summed E-state index contributed by atoms with van der Waals surface area (Å²) in [5.41, 5.74) is 0.157. The monoisotopic (exact) mass is 669 g/mol. The molecule has 0 bridgehead atoms. The fourth-order valence-electron chi connectivity index (χ4n) is 11.3. The van der Waals surface area contributed by atoms with Crippen molar-refractivity contribution >= 4 is 17.5 Å². The Bertz CT molecular complexity index is 1260. The highest BCUT2D eigenvalue weighted by molar-refractivity contribution is 6.20. The lowest BCUT2D eigenvalue weighted by atomic mass is 9.66. The molecule has 4 aliphatic carbocycles. The van der Waals surface area contributed by atoms with Crippen molar-refractivity contribution in [2.75, 3.05) is 59.5 Å². The average molecular weight is 670 g/mol. The maximum absolute atomic E-state index is 16.3. The molecular formula is C37H56FN5O5. The molecule has 0 aromatic heterocycles. The molecule has 11 heteroatoms. The van der Waals surface area contributed by atoms with Gasteiger partial charge in [-0.05, 0) is 96.3 Å². The minimum atomic E-state index is -1.26. The second-order valence-corrected chi connectivity index (χ2v) is 16.2. The molecule has 1 amide bonds. The van der Waals surface area contributed by atoms with E-state index in [0.717, 1.165) is 77.9 Å². The first kappa shape index (κ1) is 33.2. The van der Waals surface area contributed by atoms with Crippen LogP contribution in [0.15, 0.2) is 11.8 Å². The molecular weight excluding hydrogens is 613 g/mol. The van der Waals surface area contributed by atoms with Crippen LogP contribution in [0.4, 0.5) is 4.39 Å². The minimum Gasteiger partial charge on any atom is -0.379 e. The number of ether oxygens (including phenoxy) is 2. The summed E-state index contributed by atoms with van der Waals surface area (Å²) in [5.74, 6) is 0.115. The number of fused-ring (bicyclic) bond motifs is 5. The van der Waals surface area contributed by atoms with Crippen molar-refractivity contribution < 1.29 is 28.2 Å². The molecule has 0 aromatic carbocycles. The van der Waals surface area contributed by atoms with E-state index in [1.54, 1.807) is 0 Å². The van der Waals surface area contributed by atoms with Crippen LogP contribution in [0.2, 0.25) is 0 Å². The highest BCUT2D eigenvalue weighted by Gasteiger charge is 2.62. The first-order valence-corrected chi connectivity index (χ1v) is 19.3. The van der Waals surface area contributed by atoms with Gasteiger partial charge in [-0.1, -0.05) is 12.8 Å². The van der Waals surface area contributed by atoms with Gasteiger partial charge in [0.15, 0.2) is 5.78 Å². The summed E-state index contributed by atoms with van der Waals surface area (Å²) >= 11 is 0. The van der Waals surface area contributed by atoms with E-state index in [9.17, 15) is 14.4 Å². The van der Waals surface area contributed by atoms with Crippen molar-refractivity contribution in [1.82, 2.24) is 25.3 Å². The lowest BCUT2D eigenvalue weighted by molar-refractivity contribution is -0.206. The number of likely N-dealkylation sites (tertiary alicyclic amines) is 1. The van der Waals surface area contributed by atoms with Gasteiger partial charge < -0.3 is 29.9 Å². The first-order valence-electron chi connectivity index (χ1n) is 19.3. The number of carbonyl (C=O) groups excluding carboxylic acids is 3. The Balaban J connectivity index is 1.03. The number of hydrogen-bond acceptors (Lipinski definition) is 9. The maximum atomic E-state index is 16.3. The van der Waals surface area contributed by atoms with Gasteiger partial charge in [-0.25, -0.2) is 4.39 Å². The molecule has 8 rings (SSSR count). The molecule has 3 saturated heterocycles. The van der Waals surface area contributed by atoms with Crippen LogP contribution in [0.3, 0.4) is 0 Å². The molecule has 0 radical (unpaired) electrons. The van der Waals surface area contributed by atoms with Crippen molar-refractivity contribution in [2.45, 2.75) is 113 Å². The van der Waals surface area contributed by atoms with E-state index in [1.807, 2.05) is 6.20 Å². The molecule has 0 spiro atoms. The number of nitrogens with one attached hydrogen (secondary N) is 2. The number of nitrogens with zero attached hydrogens (tertiary/aromatic N) is 3. The molecule has 4 aliphatic heterocycles. The Morgan fingerprint density at radius 1 is 0.958 bits per heavy atom. The Morgan fingerprint density at radius 2 is 1.79 bits per heavy atom. The zero-order valence-electron chi connectivity index (χ0n) is 28.7. The topological polar surface area (TPSA) is 103 Å². The predicted octanol–water partition coefficient (Wildman–Crippen LogP) is 2.31. The molecule has 8 aliphatic rings. The van der Waals surface area contributed by atoms with Crippen molar-refractivity contribution in [2.24, 2.45) is 29.6 Å². The fourth-order valence-corrected chi connectivity index (χ4v) is 11.3. The molecule has 12 atom stereocenters. The predicted molar refractivity (Wildman–Crippen MR) is 178 cm³/mol. The summed E-state index contributed by atoms with van der Waals surface area (Å²) in [6.07, 6.45) is 9.94. The van der Waals surface area contributed by atoms with Gasteiger partial charge in [-0.2, -0.15) is 0 Å². The summed E-state index contributed by atoms with van der Waals surface area (Å²) in [6.45, 7) is 6.42. The Labute approximate surface area is 284 Å². The van der Waals surface area contributed by atoms with Gasteiger partial charge in [0.25, 0.3) is 5.91 Å². The Morgan fingerprint density at radius 3 is 2.60 bits per heavy atom. The van der Waals surface area contributed by atoms with Gasteiger partial charge in [0.1, 0.15) is 12.0 Å². The summed E-state index contributed by atoms with van der Waals surface area (Å²) in [4.78, 5) is 48.5. The van der Waals surface area contributed by atoms with E-state index in [2.05, 4.69) is 32.4 Å². The van der Waals surface area contributed by atoms with Crippen LogP contribution in [0.1, 0.15) is 70.6 Å². The van der Waals surface area contributed by atoms with Gasteiger partial charge in [0, 0.05) is 49.6 Å². The molecule has 12 unspecified atom stereocenters. The lowest BCUT2D eigenvalue weighted by Crippen LogP contribution is -2.73. The molecule has 0 aromatic rings. The van der Waals surface area contributed by atoms with E-state index < -0.39 is 24.2 Å². The second kappa shape index (κ2) is 14.0. The molecule has 266 valence electrons. The Kier molecular flexibility index (Phi) is 9.70. The zero-order valence-corrected chi connectivity index (χ0v) is 28.7.